The van der Waals surface area contributed by atoms with Crippen molar-refractivity contribution in [2.45, 2.75) is 17.8 Å². The summed E-state index contributed by atoms with van der Waals surface area (Å²) >= 11 is 1.59. The van der Waals surface area contributed by atoms with E-state index in [2.05, 4.69) is 20.7 Å². The number of nitrogens with one attached hydrogen (secondary N) is 1. The molecule has 1 amide bonds. The molecule has 3 rings (SSSR count). The molecule has 28 heavy (non-hydrogen) atoms. The Morgan fingerprint density at radius 2 is 1.96 bits per heavy atom. The highest BCUT2D eigenvalue weighted by atomic mass is 32.2. The zero-order chi connectivity index (χ0) is 19.9. The largest absolute Gasteiger partial charge is 0.496 e. The smallest absolute Gasteiger partial charge is 0.271 e. The zero-order valence-corrected chi connectivity index (χ0v) is 16.7. The van der Waals surface area contributed by atoms with Crippen molar-refractivity contribution in [1.82, 2.24) is 20.2 Å². The summed E-state index contributed by atoms with van der Waals surface area (Å²) in [5.41, 5.74) is 5.74. The van der Waals surface area contributed by atoms with Crippen LogP contribution in [0.3, 0.4) is 0 Å². The minimum Gasteiger partial charge on any atom is -0.496 e. The van der Waals surface area contributed by atoms with Gasteiger partial charge in [-0.15, -0.1) is 10.2 Å². The molecule has 0 aliphatic carbocycles. The Kier molecular flexibility index (Phi) is 6.44. The number of thioether (sulfide) groups is 1. The maximum Gasteiger partial charge on any atom is 0.271 e. The Morgan fingerprint density at radius 3 is 2.64 bits per heavy atom. The van der Waals surface area contributed by atoms with Gasteiger partial charge in [-0.3, -0.25) is 4.79 Å². The van der Waals surface area contributed by atoms with E-state index in [0.29, 0.717) is 17.0 Å². The maximum absolute atomic E-state index is 12.4. The topological polar surface area (TPSA) is 81.4 Å². The van der Waals surface area contributed by atoms with Gasteiger partial charge in [0, 0.05) is 23.9 Å². The van der Waals surface area contributed by atoms with Gasteiger partial charge < -0.3 is 9.30 Å². The van der Waals surface area contributed by atoms with E-state index >= 15 is 0 Å². The fourth-order valence-electron chi connectivity index (χ4n) is 2.51. The summed E-state index contributed by atoms with van der Waals surface area (Å²) < 4.78 is 7.19. The molecule has 0 radical (unpaired) electrons. The molecule has 0 saturated heterocycles. The van der Waals surface area contributed by atoms with Gasteiger partial charge in [-0.25, -0.2) is 5.43 Å². The molecular formula is C20H21N5O2S. The van der Waals surface area contributed by atoms with Crippen molar-refractivity contribution in [3.05, 3.63) is 71.5 Å². The van der Waals surface area contributed by atoms with Crippen LogP contribution in [0.4, 0.5) is 0 Å². The van der Waals surface area contributed by atoms with Crippen LogP contribution in [0, 0.1) is 0 Å². The van der Waals surface area contributed by atoms with Crippen molar-refractivity contribution in [3.63, 3.8) is 0 Å². The lowest BCUT2D eigenvalue weighted by Crippen LogP contribution is -2.19. The first kappa shape index (κ1) is 19.6. The summed E-state index contributed by atoms with van der Waals surface area (Å²) in [6.07, 6.45) is 1.67. The molecule has 0 bridgehead atoms. The van der Waals surface area contributed by atoms with E-state index in [4.69, 9.17) is 4.74 Å². The first-order valence-electron chi connectivity index (χ1n) is 8.62. The van der Waals surface area contributed by atoms with Crippen molar-refractivity contribution in [2.75, 3.05) is 7.11 Å². The summed E-state index contributed by atoms with van der Waals surface area (Å²) in [6.45, 7) is 1.82. The third-order valence-electron chi connectivity index (χ3n) is 4.08. The Morgan fingerprint density at radius 1 is 1.21 bits per heavy atom. The maximum atomic E-state index is 12.4. The van der Waals surface area contributed by atoms with E-state index in [1.165, 1.54) is 0 Å². The fourth-order valence-corrected chi connectivity index (χ4v) is 3.35. The van der Waals surface area contributed by atoms with Gasteiger partial charge >= 0.3 is 0 Å². The van der Waals surface area contributed by atoms with E-state index in [-0.39, 0.29) is 5.91 Å². The summed E-state index contributed by atoms with van der Waals surface area (Å²) in [5, 5.41) is 12.9. The van der Waals surface area contributed by atoms with Gasteiger partial charge in [0.15, 0.2) is 5.16 Å². The van der Waals surface area contributed by atoms with Crippen LogP contribution in [-0.4, -0.2) is 33.5 Å². The molecule has 1 N–H and O–H groups in total. The average Bonchev–Trinajstić information content (AvgIpc) is 3.15. The number of hydrogen-bond donors (Lipinski definition) is 1. The molecule has 0 saturated carbocycles. The van der Waals surface area contributed by atoms with E-state index in [0.717, 1.165) is 22.0 Å². The summed E-state index contributed by atoms with van der Waals surface area (Å²) in [7, 11) is 3.51. The van der Waals surface area contributed by atoms with Crippen molar-refractivity contribution in [2.24, 2.45) is 12.1 Å². The number of benzene rings is 2. The molecule has 2 aromatic carbocycles. The lowest BCUT2D eigenvalue weighted by molar-refractivity contribution is 0.0955. The molecule has 0 atom stereocenters. The highest BCUT2D eigenvalue weighted by Gasteiger charge is 2.08. The molecule has 144 valence electrons. The van der Waals surface area contributed by atoms with Crippen molar-refractivity contribution < 1.29 is 9.53 Å². The predicted octanol–water partition coefficient (Wildman–Crippen LogP) is 3.27. The van der Waals surface area contributed by atoms with Crippen LogP contribution in [0.15, 0.2) is 65.1 Å². The van der Waals surface area contributed by atoms with Gasteiger partial charge in [0.2, 0.25) is 0 Å². The molecular weight excluding hydrogens is 374 g/mol. The number of carbonyl (C=O) groups excluding carboxylic acids is 1. The number of amides is 1. The highest BCUT2D eigenvalue weighted by molar-refractivity contribution is 7.98. The fraction of sp³-hybridized carbons (Fsp3) is 0.200. The van der Waals surface area contributed by atoms with Gasteiger partial charge in [0.05, 0.1) is 12.8 Å². The first-order valence-corrected chi connectivity index (χ1v) is 9.61. The Labute approximate surface area is 167 Å². The van der Waals surface area contributed by atoms with Crippen LogP contribution >= 0.6 is 11.8 Å². The third kappa shape index (κ3) is 4.77. The van der Waals surface area contributed by atoms with Crippen LogP contribution in [0.2, 0.25) is 0 Å². The molecule has 0 unspecified atom stereocenters. The number of methoxy groups -OCH3 is 1. The molecule has 1 heterocycles. The van der Waals surface area contributed by atoms with Crippen molar-refractivity contribution in [1.29, 1.82) is 0 Å². The monoisotopic (exact) mass is 395 g/mol. The third-order valence-corrected chi connectivity index (χ3v) is 5.18. The van der Waals surface area contributed by atoms with Crippen LogP contribution in [0.25, 0.3) is 0 Å². The number of aromatic nitrogens is 3. The number of aryl methyl sites for hydroxylation is 1. The lowest BCUT2D eigenvalue weighted by Gasteiger charge is -2.08. The minimum atomic E-state index is -0.262. The molecule has 3 aromatic rings. The molecule has 1 aromatic heterocycles. The second-order valence-electron chi connectivity index (χ2n) is 6.05. The summed E-state index contributed by atoms with van der Waals surface area (Å²) in [4.78, 5) is 12.4. The number of hydrogen-bond acceptors (Lipinski definition) is 6. The van der Waals surface area contributed by atoms with Crippen LogP contribution in [0.1, 0.15) is 28.4 Å². The van der Waals surface area contributed by atoms with E-state index in [1.54, 1.807) is 37.3 Å². The van der Waals surface area contributed by atoms with Gasteiger partial charge in [-0.05, 0) is 36.8 Å². The van der Waals surface area contributed by atoms with Gasteiger partial charge in [-0.2, -0.15) is 5.10 Å². The molecule has 7 nitrogen and oxygen atoms in total. The number of para-hydroxylation sites is 1. The Bertz CT molecular complexity index is 982. The van der Waals surface area contributed by atoms with Gasteiger partial charge in [-0.1, -0.05) is 36.0 Å². The van der Waals surface area contributed by atoms with Crippen molar-refractivity contribution in [3.8, 4) is 5.75 Å². The van der Waals surface area contributed by atoms with Crippen molar-refractivity contribution >= 4 is 23.4 Å². The number of nitrogens with zero attached hydrogens (tertiary/aromatic N) is 4. The summed E-state index contributed by atoms with van der Waals surface area (Å²) in [5.74, 6) is 1.20. The van der Waals surface area contributed by atoms with Gasteiger partial charge in [0.25, 0.3) is 5.91 Å². The highest BCUT2D eigenvalue weighted by Crippen LogP contribution is 2.20. The van der Waals surface area contributed by atoms with Gasteiger partial charge in [0.1, 0.15) is 12.1 Å². The molecule has 0 spiro atoms. The summed E-state index contributed by atoms with van der Waals surface area (Å²) in [6, 6.07) is 15.0. The SMILES string of the molecule is COc1ccccc1/C(C)=N\NC(=O)c1ccc(CSc2nncn2C)cc1. The standard InChI is InChI=1S/C20H21N5O2S/c1-14(17-6-4-5-7-18(17)27-3)22-23-19(26)16-10-8-15(9-11-16)12-28-20-24-21-13-25(20)2/h4-11,13H,12H2,1-3H3,(H,23,26)/b22-14-. The number of hydrazone groups is 1. The molecule has 0 fully saturated rings. The first-order chi connectivity index (χ1) is 13.6. The van der Waals surface area contributed by atoms with Crippen LogP contribution in [-0.2, 0) is 12.8 Å². The molecule has 0 aliphatic heterocycles. The second-order valence-corrected chi connectivity index (χ2v) is 6.99. The molecule has 8 heteroatoms. The van der Waals surface area contributed by atoms with E-state index < -0.39 is 0 Å². The van der Waals surface area contributed by atoms with E-state index in [9.17, 15) is 4.79 Å². The lowest BCUT2D eigenvalue weighted by atomic mass is 10.1. The van der Waals surface area contributed by atoms with Crippen LogP contribution in [0.5, 0.6) is 5.75 Å². The normalized spacial score (nSPS) is 11.3. The van der Waals surface area contributed by atoms with E-state index in [1.807, 2.05) is 54.9 Å². The predicted molar refractivity (Wildman–Crippen MR) is 110 cm³/mol. The number of carbonyl (C=O) groups is 1. The zero-order valence-electron chi connectivity index (χ0n) is 15.9. The second kappa shape index (κ2) is 9.18. The Balaban J connectivity index is 1.60. The van der Waals surface area contributed by atoms with Crippen LogP contribution < -0.4 is 10.2 Å². The average molecular weight is 395 g/mol. The number of ether oxygens (including phenoxy) is 1. The number of rotatable bonds is 7. The Hall–Kier alpha value is -3.13. The quantitative estimate of drug-likeness (QED) is 0.377. The minimum absolute atomic E-state index is 0.262. The molecule has 0 aliphatic rings.